The van der Waals surface area contributed by atoms with Crippen LogP contribution < -0.4 is 4.90 Å². The van der Waals surface area contributed by atoms with Gasteiger partial charge in [0.2, 0.25) is 11.8 Å². The number of hydrogen-bond acceptors (Lipinski definition) is 4. The zero-order chi connectivity index (χ0) is 15.6. The fraction of sp³-hybridized carbons (Fsp3) is 0.412. The molecule has 1 N–H and O–H groups in total. The minimum Gasteiger partial charge on any atom is -0.393 e. The van der Waals surface area contributed by atoms with E-state index in [-0.39, 0.29) is 18.4 Å². The second-order valence-electron chi connectivity index (χ2n) is 6.36. The van der Waals surface area contributed by atoms with E-state index in [1.807, 2.05) is 32.0 Å². The molecule has 1 aromatic rings. The molecule has 0 unspecified atom stereocenters. The monoisotopic (exact) mass is 299 g/mol. The van der Waals surface area contributed by atoms with Crippen LogP contribution in [0, 0.1) is 25.7 Å². The highest BCUT2D eigenvalue weighted by molar-refractivity contribution is 6.23. The SMILES string of the molecule is Cc1ccc(N2C(=O)[C@@H]3[C@@H](C2=O)[C@]2(CO)C=C[C@H]3O2)c(C)c1. The molecule has 114 valence electrons. The lowest BCUT2D eigenvalue weighted by atomic mass is 9.77. The van der Waals surface area contributed by atoms with Crippen molar-refractivity contribution < 1.29 is 19.4 Å². The summed E-state index contributed by atoms with van der Waals surface area (Å²) in [5, 5.41) is 9.68. The molecule has 5 heteroatoms. The van der Waals surface area contributed by atoms with Crippen LogP contribution in [0.15, 0.2) is 30.4 Å². The number of aryl methyl sites for hydroxylation is 2. The minimum atomic E-state index is -1.03. The van der Waals surface area contributed by atoms with E-state index < -0.39 is 23.5 Å². The Balaban J connectivity index is 1.79. The van der Waals surface area contributed by atoms with Crippen molar-refractivity contribution in [3.63, 3.8) is 0 Å². The quantitative estimate of drug-likeness (QED) is 0.656. The van der Waals surface area contributed by atoms with Gasteiger partial charge in [-0.25, -0.2) is 4.90 Å². The molecule has 1 aromatic carbocycles. The topological polar surface area (TPSA) is 66.8 Å². The van der Waals surface area contributed by atoms with Crippen LogP contribution in [0.2, 0.25) is 0 Å². The van der Waals surface area contributed by atoms with Gasteiger partial charge in [0.25, 0.3) is 0 Å². The molecule has 0 aromatic heterocycles. The number of imide groups is 1. The Morgan fingerprint density at radius 2 is 2.05 bits per heavy atom. The number of aliphatic hydroxyl groups is 1. The smallest absolute Gasteiger partial charge is 0.241 e. The number of aliphatic hydroxyl groups excluding tert-OH is 1. The summed E-state index contributed by atoms with van der Waals surface area (Å²) in [6.45, 7) is 3.57. The van der Waals surface area contributed by atoms with E-state index >= 15 is 0 Å². The Labute approximate surface area is 128 Å². The molecule has 2 fully saturated rings. The van der Waals surface area contributed by atoms with Gasteiger partial charge in [0.05, 0.1) is 30.2 Å². The van der Waals surface area contributed by atoms with Crippen molar-refractivity contribution >= 4 is 17.5 Å². The van der Waals surface area contributed by atoms with E-state index in [0.29, 0.717) is 5.69 Å². The van der Waals surface area contributed by atoms with Crippen LogP contribution in [0.3, 0.4) is 0 Å². The van der Waals surface area contributed by atoms with E-state index in [1.54, 1.807) is 12.2 Å². The molecule has 4 rings (SSSR count). The van der Waals surface area contributed by atoms with Gasteiger partial charge in [0.15, 0.2) is 0 Å². The van der Waals surface area contributed by atoms with Gasteiger partial charge in [0, 0.05) is 0 Å². The first-order valence-electron chi connectivity index (χ1n) is 7.41. The number of carbonyl (C=O) groups excluding carboxylic acids is 2. The Bertz CT molecular complexity index is 725. The van der Waals surface area contributed by atoms with Crippen molar-refractivity contribution in [1.29, 1.82) is 0 Å². The summed E-state index contributed by atoms with van der Waals surface area (Å²) in [5.41, 5.74) is 1.57. The summed E-state index contributed by atoms with van der Waals surface area (Å²) < 4.78 is 5.72. The van der Waals surface area contributed by atoms with Gasteiger partial charge >= 0.3 is 0 Å². The van der Waals surface area contributed by atoms with Crippen LogP contribution >= 0.6 is 0 Å². The number of rotatable bonds is 2. The minimum absolute atomic E-state index is 0.230. The molecular weight excluding hydrogens is 282 g/mol. The molecule has 2 saturated heterocycles. The molecule has 3 heterocycles. The molecule has 0 radical (unpaired) electrons. The van der Waals surface area contributed by atoms with Crippen LogP contribution in [0.1, 0.15) is 11.1 Å². The van der Waals surface area contributed by atoms with Crippen molar-refractivity contribution in [1.82, 2.24) is 0 Å². The third-order valence-corrected chi connectivity index (χ3v) is 5.00. The van der Waals surface area contributed by atoms with Crippen LogP contribution in [0.5, 0.6) is 0 Å². The standard InChI is InChI=1S/C17H17NO4/c1-9-3-4-11(10(2)7-9)18-15(20)13-12-5-6-17(8-19,22-12)14(13)16(18)21/h3-7,12-14,19H,8H2,1-2H3/t12-,13+,14+,17-/m1/s1. The number of amides is 2. The molecule has 0 spiro atoms. The first-order chi connectivity index (χ1) is 10.5. The lowest BCUT2D eigenvalue weighted by Crippen LogP contribution is -2.43. The maximum atomic E-state index is 12.9. The van der Waals surface area contributed by atoms with Gasteiger partial charge in [-0.15, -0.1) is 0 Å². The summed E-state index contributed by atoms with van der Waals surface area (Å²) in [7, 11) is 0. The second kappa shape index (κ2) is 4.27. The average Bonchev–Trinajstić information content (AvgIpc) is 3.12. The van der Waals surface area contributed by atoms with Gasteiger partial charge < -0.3 is 9.84 Å². The first kappa shape index (κ1) is 13.7. The van der Waals surface area contributed by atoms with E-state index in [1.165, 1.54) is 4.90 Å². The third-order valence-electron chi connectivity index (χ3n) is 5.00. The zero-order valence-electron chi connectivity index (χ0n) is 12.4. The molecular formula is C17H17NO4. The number of fused-ring (bicyclic) bond motifs is 5. The number of anilines is 1. The largest absolute Gasteiger partial charge is 0.393 e. The van der Waals surface area contributed by atoms with E-state index in [4.69, 9.17) is 4.74 Å². The molecule has 2 bridgehead atoms. The van der Waals surface area contributed by atoms with Gasteiger partial charge in [-0.05, 0) is 25.5 Å². The molecule has 5 nitrogen and oxygen atoms in total. The number of nitrogens with zero attached hydrogens (tertiary/aromatic N) is 1. The van der Waals surface area contributed by atoms with Gasteiger partial charge in [-0.1, -0.05) is 29.8 Å². The van der Waals surface area contributed by atoms with Gasteiger partial charge in [-0.3, -0.25) is 9.59 Å². The van der Waals surface area contributed by atoms with E-state index in [2.05, 4.69) is 0 Å². The molecule has 0 aliphatic carbocycles. The van der Waals surface area contributed by atoms with Crippen LogP contribution in [-0.2, 0) is 14.3 Å². The number of benzene rings is 1. The Morgan fingerprint density at radius 3 is 2.73 bits per heavy atom. The van der Waals surface area contributed by atoms with Crippen molar-refractivity contribution in [3.8, 4) is 0 Å². The van der Waals surface area contributed by atoms with Gasteiger partial charge in [0.1, 0.15) is 5.60 Å². The van der Waals surface area contributed by atoms with Crippen LogP contribution in [0.25, 0.3) is 0 Å². The summed E-state index contributed by atoms with van der Waals surface area (Å²) in [6.07, 6.45) is 3.10. The lowest BCUT2D eigenvalue weighted by Gasteiger charge is -2.26. The number of carbonyl (C=O) groups is 2. The highest BCUT2D eigenvalue weighted by Gasteiger charge is 2.67. The maximum absolute atomic E-state index is 12.9. The molecule has 3 aliphatic rings. The zero-order valence-corrected chi connectivity index (χ0v) is 12.4. The van der Waals surface area contributed by atoms with Crippen molar-refractivity contribution in [2.45, 2.75) is 25.6 Å². The van der Waals surface area contributed by atoms with Crippen LogP contribution in [-0.4, -0.2) is 35.2 Å². The van der Waals surface area contributed by atoms with Crippen molar-refractivity contribution in [3.05, 3.63) is 41.5 Å². The molecule has 0 saturated carbocycles. The summed E-state index contributed by atoms with van der Waals surface area (Å²) >= 11 is 0. The normalized spacial score (nSPS) is 35.6. The third kappa shape index (κ3) is 1.50. The Hall–Kier alpha value is -1.98. The summed E-state index contributed by atoms with van der Waals surface area (Å²) in [4.78, 5) is 26.9. The number of hydrogen-bond donors (Lipinski definition) is 1. The second-order valence-corrected chi connectivity index (χ2v) is 6.36. The maximum Gasteiger partial charge on any atom is 0.241 e. The fourth-order valence-electron chi connectivity index (χ4n) is 3.98. The lowest BCUT2D eigenvalue weighted by molar-refractivity contribution is -0.128. The predicted octanol–water partition coefficient (Wildman–Crippen LogP) is 1.11. The summed E-state index contributed by atoms with van der Waals surface area (Å²) in [6, 6.07) is 5.65. The van der Waals surface area contributed by atoms with E-state index in [9.17, 15) is 14.7 Å². The van der Waals surface area contributed by atoms with Crippen LogP contribution in [0.4, 0.5) is 5.69 Å². The van der Waals surface area contributed by atoms with Crippen molar-refractivity contribution in [2.24, 2.45) is 11.8 Å². The number of ether oxygens (including phenoxy) is 1. The fourth-order valence-corrected chi connectivity index (χ4v) is 3.98. The highest BCUT2D eigenvalue weighted by atomic mass is 16.5. The van der Waals surface area contributed by atoms with E-state index in [0.717, 1.165) is 11.1 Å². The molecule has 22 heavy (non-hydrogen) atoms. The predicted molar refractivity (Wildman–Crippen MR) is 79.2 cm³/mol. The average molecular weight is 299 g/mol. The highest BCUT2D eigenvalue weighted by Crippen LogP contribution is 2.52. The Kier molecular flexibility index (Phi) is 2.65. The van der Waals surface area contributed by atoms with Gasteiger partial charge in [-0.2, -0.15) is 0 Å². The Morgan fingerprint density at radius 1 is 1.27 bits per heavy atom. The molecule has 4 atom stereocenters. The summed E-state index contributed by atoms with van der Waals surface area (Å²) in [5.74, 6) is -1.65. The van der Waals surface area contributed by atoms with Crippen molar-refractivity contribution in [2.75, 3.05) is 11.5 Å². The molecule has 2 amide bonds. The molecule has 3 aliphatic heterocycles. The first-order valence-corrected chi connectivity index (χ1v) is 7.41.